The van der Waals surface area contributed by atoms with E-state index in [-0.39, 0.29) is 34.5 Å². The van der Waals surface area contributed by atoms with Crippen LogP contribution in [-0.4, -0.2) is 45.7 Å². The quantitative estimate of drug-likeness (QED) is 0.583. The minimum atomic E-state index is -3.95. The van der Waals surface area contributed by atoms with Gasteiger partial charge in [0.05, 0.1) is 5.02 Å². The summed E-state index contributed by atoms with van der Waals surface area (Å²) in [7, 11) is -7.80. The van der Waals surface area contributed by atoms with Gasteiger partial charge in [0.25, 0.3) is 15.9 Å². The van der Waals surface area contributed by atoms with Crippen LogP contribution in [0.25, 0.3) is 0 Å². The number of carbonyl (C=O) groups is 1. The second kappa shape index (κ2) is 9.29. The summed E-state index contributed by atoms with van der Waals surface area (Å²) < 4.78 is 59.1. The first-order valence-corrected chi connectivity index (χ1v) is 12.8. The Labute approximate surface area is 187 Å². The Kier molecular flexibility index (Phi) is 7.59. The number of anilines is 1. The predicted octanol–water partition coefficient (Wildman–Crippen LogP) is 3.29. The van der Waals surface area contributed by atoms with Crippen molar-refractivity contribution >= 4 is 43.2 Å². The molecule has 0 unspecified atom stereocenters. The molecule has 0 bridgehead atoms. The molecule has 0 saturated heterocycles. The lowest BCUT2D eigenvalue weighted by atomic mass is 10.1. The highest BCUT2D eigenvalue weighted by Crippen LogP contribution is 2.28. The first kappa shape index (κ1) is 25.3. The van der Waals surface area contributed by atoms with Crippen molar-refractivity contribution < 1.29 is 26.0 Å². The molecule has 0 spiro atoms. The smallest absolute Gasteiger partial charge is 0.291 e. The van der Waals surface area contributed by atoms with Crippen molar-refractivity contribution in [3.8, 4) is 0 Å². The van der Waals surface area contributed by atoms with Crippen LogP contribution in [0.4, 0.5) is 5.69 Å². The number of carbonyl (C=O) groups excluding carboxylic acids is 1. The van der Waals surface area contributed by atoms with Crippen molar-refractivity contribution in [2.45, 2.75) is 50.1 Å². The Morgan fingerprint density at radius 1 is 1.06 bits per heavy atom. The summed E-state index contributed by atoms with van der Waals surface area (Å²) in [6.45, 7) is 8.95. The van der Waals surface area contributed by atoms with Crippen LogP contribution in [0.3, 0.4) is 0 Å². The minimum Gasteiger partial charge on any atom is -0.438 e. The summed E-state index contributed by atoms with van der Waals surface area (Å²) >= 11 is 6.09. The SMILES string of the molecule is CCN(CC)S(=O)(=O)c1cc(NC(=O)c2ccc(S(=O)(=O)NC(C)(C)C)o2)ccc1Cl. The van der Waals surface area contributed by atoms with Gasteiger partial charge in [-0.15, -0.1) is 0 Å². The molecule has 172 valence electrons. The van der Waals surface area contributed by atoms with Crippen LogP contribution in [0, 0.1) is 0 Å². The Bertz CT molecular complexity index is 1160. The topological polar surface area (TPSA) is 126 Å². The Balaban J connectivity index is 2.29. The molecule has 1 aromatic heterocycles. The first-order chi connectivity index (χ1) is 14.2. The average molecular weight is 492 g/mol. The third-order valence-corrected chi connectivity index (χ3v) is 8.18. The summed E-state index contributed by atoms with van der Waals surface area (Å²) in [5, 5.41) is 2.11. The van der Waals surface area contributed by atoms with Crippen LogP contribution < -0.4 is 10.0 Å². The molecule has 2 N–H and O–H groups in total. The van der Waals surface area contributed by atoms with Gasteiger partial charge in [-0.3, -0.25) is 4.79 Å². The minimum absolute atomic E-state index is 0.0181. The van der Waals surface area contributed by atoms with E-state index in [0.29, 0.717) is 0 Å². The molecule has 12 heteroatoms. The molecule has 2 rings (SSSR count). The van der Waals surface area contributed by atoms with Gasteiger partial charge < -0.3 is 9.73 Å². The van der Waals surface area contributed by atoms with Crippen molar-refractivity contribution in [1.29, 1.82) is 0 Å². The third kappa shape index (κ3) is 6.07. The fourth-order valence-electron chi connectivity index (χ4n) is 2.71. The number of hydrogen-bond donors (Lipinski definition) is 2. The molecule has 0 aliphatic rings. The van der Waals surface area contributed by atoms with E-state index in [1.165, 1.54) is 34.6 Å². The van der Waals surface area contributed by atoms with Crippen LogP contribution in [0.5, 0.6) is 0 Å². The highest BCUT2D eigenvalue weighted by molar-refractivity contribution is 7.89. The summed E-state index contributed by atoms with van der Waals surface area (Å²) in [5.74, 6) is -0.997. The van der Waals surface area contributed by atoms with E-state index in [1.54, 1.807) is 34.6 Å². The third-order valence-electron chi connectivity index (χ3n) is 4.02. The standard InChI is InChI=1S/C19H26ClN3O6S2/c1-6-23(7-2)31(27,28)16-12-13(8-9-14(16)20)21-18(24)15-10-11-17(29-15)30(25,26)22-19(3,4)5/h8-12,22H,6-7H2,1-5H3,(H,21,24). The molecule has 0 aliphatic heterocycles. The number of sulfonamides is 2. The molecular formula is C19H26ClN3O6S2. The van der Waals surface area contributed by atoms with Gasteiger partial charge in [0.1, 0.15) is 4.90 Å². The maximum Gasteiger partial charge on any atom is 0.291 e. The fraction of sp³-hybridized carbons (Fsp3) is 0.421. The number of amides is 1. The number of benzene rings is 1. The lowest BCUT2D eigenvalue weighted by molar-refractivity contribution is 0.0991. The summed E-state index contributed by atoms with van der Waals surface area (Å²) in [6, 6.07) is 6.43. The largest absolute Gasteiger partial charge is 0.438 e. The van der Waals surface area contributed by atoms with Gasteiger partial charge in [-0.05, 0) is 51.1 Å². The van der Waals surface area contributed by atoms with Crippen LogP contribution in [0.15, 0.2) is 44.7 Å². The highest BCUT2D eigenvalue weighted by Gasteiger charge is 2.27. The van der Waals surface area contributed by atoms with E-state index >= 15 is 0 Å². The van der Waals surface area contributed by atoms with E-state index in [0.717, 1.165) is 0 Å². The summed E-state index contributed by atoms with van der Waals surface area (Å²) in [6.07, 6.45) is 0. The van der Waals surface area contributed by atoms with Gasteiger partial charge in [-0.25, -0.2) is 21.6 Å². The van der Waals surface area contributed by atoms with E-state index in [9.17, 15) is 21.6 Å². The van der Waals surface area contributed by atoms with Gasteiger partial charge >= 0.3 is 0 Å². The summed E-state index contributed by atoms with van der Waals surface area (Å²) in [4.78, 5) is 12.4. The number of rotatable bonds is 8. The van der Waals surface area contributed by atoms with E-state index in [4.69, 9.17) is 16.0 Å². The molecular weight excluding hydrogens is 466 g/mol. The van der Waals surface area contributed by atoms with Crippen molar-refractivity contribution in [2.75, 3.05) is 18.4 Å². The maximum absolute atomic E-state index is 12.8. The monoisotopic (exact) mass is 491 g/mol. The maximum atomic E-state index is 12.8. The van der Waals surface area contributed by atoms with Crippen LogP contribution >= 0.6 is 11.6 Å². The number of halogens is 1. The second-order valence-corrected chi connectivity index (χ2v) is 11.6. The number of nitrogens with zero attached hydrogens (tertiary/aromatic N) is 1. The van der Waals surface area contributed by atoms with Gasteiger partial charge in [0, 0.05) is 24.3 Å². The Morgan fingerprint density at radius 3 is 2.23 bits per heavy atom. The van der Waals surface area contributed by atoms with E-state index in [2.05, 4.69) is 10.0 Å². The molecule has 0 radical (unpaired) electrons. The van der Waals surface area contributed by atoms with Gasteiger partial charge in [-0.1, -0.05) is 25.4 Å². The molecule has 0 saturated carbocycles. The van der Waals surface area contributed by atoms with Gasteiger partial charge in [0.15, 0.2) is 5.76 Å². The zero-order valence-corrected chi connectivity index (χ0v) is 20.3. The van der Waals surface area contributed by atoms with Gasteiger partial charge in [0.2, 0.25) is 15.1 Å². The lowest BCUT2D eigenvalue weighted by Gasteiger charge is -2.19. The predicted molar refractivity (Wildman–Crippen MR) is 118 cm³/mol. The van der Waals surface area contributed by atoms with Crippen LogP contribution in [0.1, 0.15) is 45.2 Å². The van der Waals surface area contributed by atoms with Crippen LogP contribution in [-0.2, 0) is 20.0 Å². The molecule has 2 aromatic rings. The normalized spacial score (nSPS) is 12.9. The Hall–Kier alpha value is -1.92. The molecule has 1 heterocycles. The highest BCUT2D eigenvalue weighted by atomic mass is 35.5. The van der Waals surface area contributed by atoms with E-state index < -0.39 is 36.6 Å². The first-order valence-electron chi connectivity index (χ1n) is 9.46. The van der Waals surface area contributed by atoms with Crippen LogP contribution in [0.2, 0.25) is 5.02 Å². The Morgan fingerprint density at radius 2 is 1.68 bits per heavy atom. The van der Waals surface area contributed by atoms with Crippen molar-refractivity contribution in [2.24, 2.45) is 0 Å². The zero-order chi connectivity index (χ0) is 23.6. The molecule has 0 atom stereocenters. The lowest BCUT2D eigenvalue weighted by Crippen LogP contribution is -2.40. The molecule has 0 fully saturated rings. The van der Waals surface area contributed by atoms with Crippen molar-refractivity contribution in [1.82, 2.24) is 9.03 Å². The van der Waals surface area contributed by atoms with Crippen molar-refractivity contribution in [3.05, 3.63) is 41.1 Å². The molecule has 31 heavy (non-hydrogen) atoms. The number of furan rings is 1. The number of nitrogens with one attached hydrogen (secondary N) is 2. The number of hydrogen-bond acceptors (Lipinski definition) is 6. The average Bonchev–Trinajstić information content (AvgIpc) is 3.13. The molecule has 1 aromatic carbocycles. The van der Waals surface area contributed by atoms with E-state index in [1.807, 2.05) is 0 Å². The zero-order valence-electron chi connectivity index (χ0n) is 17.9. The molecule has 1 amide bonds. The fourth-order valence-corrected chi connectivity index (χ4v) is 6.03. The molecule has 9 nitrogen and oxygen atoms in total. The molecule has 0 aliphatic carbocycles. The summed E-state index contributed by atoms with van der Waals surface area (Å²) in [5.41, 5.74) is -0.571. The second-order valence-electron chi connectivity index (χ2n) is 7.66. The van der Waals surface area contributed by atoms with Gasteiger partial charge in [-0.2, -0.15) is 4.31 Å². The van der Waals surface area contributed by atoms with Crippen molar-refractivity contribution in [3.63, 3.8) is 0 Å².